The summed E-state index contributed by atoms with van der Waals surface area (Å²) in [6.07, 6.45) is 0. The first-order valence-corrected chi connectivity index (χ1v) is 7.16. The summed E-state index contributed by atoms with van der Waals surface area (Å²) in [5.41, 5.74) is 6.56. The molecule has 2 aromatic rings. The van der Waals surface area contributed by atoms with Crippen LogP contribution in [0.2, 0.25) is 0 Å². The van der Waals surface area contributed by atoms with Gasteiger partial charge in [0.1, 0.15) is 0 Å². The molecular weight excluding hydrogens is 290 g/mol. The minimum absolute atomic E-state index is 0.577. The van der Waals surface area contributed by atoms with Crippen molar-refractivity contribution in [1.82, 2.24) is 5.43 Å². The average Bonchev–Trinajstić information content (AvgIpc) is 2.61. The SMILES string of the molecule is COc1ccc(CN/N=C(\C)c2ccc(C#N)cc2)cc1OC. The molecule has 118 valence electrons. The Morgan fingerprint density at radius 2 is 1.78 bits per heavy atom. The highest BCUT2D eigenvalue weighted by Crippen LogP contribution is 2.27. The van der Waals surface area contributed by atoms with Gasteiger partial charge in [-0.05, 0) is 42.3 Å². The largest absolute Gasteiger partial charge is 0.493 e. The monoisotopic (exact) mass is 309 g/mol. The number of benzene rings is 2. The molecule has 2 rings (SSSR count). The first-order valence-electron chi connectivity index (χ1n) is 7.16. The topological polar surface area (TPSA) is 66.6 Å². The summed E-state index contributed by atoms with van der Waals surface area (Å²) < 4.78 is 10.5. The lowest BCUT2D eigenvalue weighted by atomic mass is 10.1. The summed E-state index contributed by atoms with van der Waals surface area (Å²) >= 11 is 0. The minimum atomic E-state index is 0.577. The zero-order valence-corrected chi connectivity index (χ0v) is 13.5. The molecule has 0 aromatic heterocycles. The highest BCUT2D eigenvalue weighted by atomic mass is 16.5. The number of nitrogens with zero attached hydrogens (tertiary/aromatic N) is 2. The van der Waals surface area contributed by atoms with Gasteiger partial charge in [0.05, 0.1) is 38.1 Å². The first kappa shape index (κ1) is 16.4. The van der Waals surface area contributed by atoms with Crippen molar-refractivity contribution in [3.8, 4) is 17.6 Å². The van der Waals surface area contributed by atoms with Crippen molar-refractivity contribution in [2.45, 2.75) is 13.5 Å². The molecule has 0 heterocycles. The molecular formula is C18H19N3O2. The summed E-state index contributed by atoms with van der Waals surface area (Å²) in [7, 11) is 3.23. The Kier molecular flexibility index (Phi) is 5.59. The van der Waals surface area contributed by atoms with Gasteiger partial charge in [-0.1, -0.05) is 18.2 Å². The van der Waals surface area contributed by atoms with Gasteiger partial charge in [0.2, 0.25) is 0 Å². The Morgan fingerprint density at radius 3 is 2.39 bits per heavy atom. The zero-order chi connectivity index (χ0) is 16.7. The molecule has 0 radical (unpaired) electrons. The molecule has 5 heteroatoms. The van der Waals surface area contributed by atoms with Crippen LogP contribution in [-0.2, 0) is 6.54 Å². The Bertz CT molecular complexity index is 731. The molecule has 0 bridgehead atoms. The quantitative estimate of drug-likeness (QED) is 0.658. The van der Waals surface area contributed by atoms with Crippen LogP contribution < -0.4 is 14.9 Å². The van der Waals surface area contributed by atoms with Crippen molar-refractivity contribution >= 4 is 5.71 Å². The van der Waals surface area contributed by atoms with Crippen LogP contribution in [0, 0.1) is 11.3 Å². The van der Waals surface area contributed by atoms with Crippen LogP contribution in [0.1, 0.15) is 23.6 Å². The van der Waals surface area contributed by atoms with E-state index in [1.807, 2.05) is 37.3 Å². The van der Waals surface area contributed by atoms with E-state index in [4.69, 9.17) is 14.7 Å². The molecule has 0 amide bonds. The van der Waals surface area contributed by atoms with Crippen LogP contribution in [0.4, 0.5) is 0 Å². The van der Waals surface area contributed by atoms with E-state index in [1.165, 1.54) is 0 Å². The summed E-state index contributed by atoms with van der Waals surface area (Å²) in [6.45, 7) is 2.50. The molecule has 0 fully saturated rings. The second kappa shape index (κ2) is 7.85. The smallest absolute Gasteiger partial charge is 0.161 e. The number of rotatable bonds is 6. The molecule has 0 saturated carbocycles. The zero-order valence-electron chi connectivity index (χ0n) is 13.5. The Labute approximate surface area is 136 Å². The third-order valence-corrected chi connectivity index (χ3v) is 3.41. The molecule has 0 saturated heterocycles. The second-order valence-electron chi connectivity index (χ2n) is 4.91. The minimum Gasteiger partial charge on any atom is -0.493 e. The lowest BCUT2D eigenvalue weighted by Crippen LogP contribution is -2.09. The standard InChI is InChI=1S/C18H19N3O2/c1-13(16-7-4-14(11-19)5-8-16)21-20-12-15-6-9-17(22-2)18(10-15)23-3/h4-10,20H,12H2,1-3H3/b21-13+. The van der Waals surface area contributed by atoms with Crippen molar-refractivity contribution in [3.63, 3.8) is 0 Å². The van der Waals surface area contributed by atoms with Crippen LogP contribution in [-0.4, -0.2) is 19.9 Å². The van der Waals surface area contributed by atoms with Gasteiger partial charge < -0.3 is 14.9 Å². The van der Waals surface area contributed by atoms with Gasteiger partial charge >= 0.3 is 0 Å². The molecule has 0 aliphatic carbocycles. The van der Waals surface area contributed by atoms with Crippen molar-refractivity contribution in [1.29, 1.82) is 5.26 Å². The first-order chi connectivity index (χ1) is 11.2. The highest BCUT2D eigenvalue weighted by Gasteiger charge is 2.04. The number of hydrogen-bond acceptors (Lipinski definition) is 5. The van der Waals surface area contributed by atoms with Gasteiger partial charge in [-0.25, -0.2) is 0 Å². The van der Waals surface area contributed by atoms with Gasteiger partial charge in [0, 0.05) is 0 Å². The molecule has 0 aliphatic heterocycles. The van der Waals surface area contributed by atoms with E-state index in [9.17, 15) is 0 Å². The van der Waals surface area contributed by atoms with Crippen LogP contribution in [0.25, 0.3) is 0 Å². The van der Waals surface area contributed by atoms with Gasteiger partial charge in [-0.3, -0.25) is 0 Å². The number of methoxy groups -OCH3 is 2. The summed E-state index contributed by atoms with van der Waals surface area (Å²) in [5.74, 6) is 1.40. The lowest BCUT2D eigenvalue weighted by molar-refractivity contribution is 0.354. The number of nitriles is 1. The Balaban J connectivity index is 2.01. The third-order valence-electron chi connectivity index (χ3n) is 3.41. The fourth-order valence-electron chi connectivity index (χ4n) is 2.09. The maximum atomic E-state index is 8.80. The van der Waals surface area contributed by atoms with E-state index < -0.39 is 0 Å². The fraction of sp³-hybridized carbons (Fsp3) is 0.222. The van der Waals surface area contributed by atoms with Gasteiger partial charge in [0.25, 0.3) is 0 Å². The van der Waals surface area contributed by atoms with Crippen molar-refractivity contribution in [2.24, 2.45) is 5.10 Å². The number of ether oxygens (including phenoxy) is 2. The Morgan fingerprint density at radius 1 is 1.09 bits per heavy atom. The third kappa shape index (κ3) is 4.24. The molecule has 2 aromatic carbocycles. The maximum Gasteiger partial charge on any atom is 0.161 e. The van der Waals surface area contributed by atoms with Gasteiger partial charge in [-0.2, -0.15) is 10.4 Å². The molecule has 0 unspecified atom stereocenters. The van der Waals surface area contributed by atoms with Crippen LogP contribution in [0.15, 0.2) is 47.6 Å². The number of nitrogens with one attached hydrogen (secondary N) is 1. The predicted molar refractivity (Wildman–Crippen MR) is 89.8 cm³/mol. The summed E-state index contributed by atoms with van der Waals surface area (Å²) in [6, 6.07) is 15.2. The predicted octanol–water partition coefficient (Wildman–Crippen LogP) is 3.09. The maximum absolute atomic E-state index is 8.80. The second-order valence-corrected chi connectivity index (χ2v) is 4.91. The van der Waals surface area contributed by atoms with E-state index in [0.29, 0.717) is 23.6 Å². The highest BCUT2D eigenvalue weighted by molar-refractivity contribution is 5.98. The van der Waals surface area contributed by atoms with Crippen LogP contribution in [0.5, 0.6) is 11.5 Å². The fourth-order valence-corrected chi connectivity index (χ4v) is 2.09. The van der Waals surface area contributed by atoms with Gasteiger partial charge in [-0.15, -0.1) is 0 Å². The Hall–Kier alpha value is -3.00. The van der Waals surface area contributed by atoms with E-state index in [1.54, 1.807) is 26.4 Å². The van der Waals surface area contributed by atoms with E-state index >= 15 is 0 Å². The van der Waals surface area contributed by atoms with Crippen molar-refractivity contribution in [3.05, 3.63) is 59.2 Å². The normalized spacial score (nSPS) is 10.8. The molecule has 23 heavy (non-hydrogen) atoms. The van der Waals surface area contributed by atoms with Crippen LogP contribution in [0.3, 0.4) is 0 Å². The number of hydrazone groups is 1. The summed E-state index contributed by atoms with van der Waals surface area (Å²) in [5, 5.41) is 13.2. The lowest BCUT2D eigenvalue weighted by Gasteiger charge is -2.09. The molecule has 1 N–H and O–H groups in total. The average molecular weight is 309 g/mol. The van der Waals surface area contributed by atoms with E-state index in [0.717, 1.165) is 16.8 Å². The van der Waals surface area contributed by atoms with E-state index in [-0.39, 0.29) is 0 Å². The molecule has 0 aliphatic rings. The molecule has 0 atom stereocenters. The number of hydrogen-bond donors (Lipinski definition) is 1. The van der Waals surface area contributed by atoms with Crippen LogP contribution >= 0.6 is 0 Å². The van der Waals surface area contributed by atoms with E-state index in [2.05, 4.69) is 16.6 Å². The van der Waals surface area contributed by atoms with Crippen molar-refractivity contribution < 1.29 is 9.47 Å². The molecule has 5 nitrogen and oxygen atoms in total. The van der Waals surface area contributed by atoms with Crippen molar-refractivity contribution in [2.75, 3.05) is 14.2 Å². The summed E-state index contributed by atoms with van der Waals surface area (Å²) in [4.78, 5) is 0. The molecule has 0 spiro atoms. The van der Waals surface area contributed by atoms with Gasteiger partial charge in [0.15, 0.2) is 11.5 Å².